The zero-order chi connectivity index (χ0) is 11.1. The van der Waals surface area contributed by atoms with E-state index >= 15 is 0 Å². The van der Waals surface area contributed by atoms with Crippen LogP contribution in [0.3, 0.4) is 0 Å². The van der Waals surface area contributed by atoms with Crippen LogP contribution >= 0.6 is 0 Å². The van der Waals surface area contributed by atoms with E-state index < -0.39 is 0 Å². The summed E-state index contributed by atoms with van der Waals surface area (Å²) in [6, 6.07) is 0.654. The highest BCUT2D eigenvalue weighted by Crippen LogP contribution is 2.44. The molecule has 2 rings (SSSR count). The highest BCUT2D eigenvalue weighted by atomic mass is 15.2. The van der Waals surface area contributed by atoms with Crippen molar-refractivity contribution in [2.75, 3.05) is 13.1 Å². The second kappa shape index (κ2) is 4.06. The average Bonchev–Trinajstić information content (AvgIpc) is 2.92. The van der Waals surface area contributed by atoms with Crippen molar-refractivity contribution >= 4 is 0 Å². The van der Waals surface area contributed by atoms with E-state index in [1.807, 2.05) is 0 Å². The molecule has 88 valence electrons. The molecule has 2 N–H and O–H groups in total. The van der Waals surface area contributed by atoms with Gasteiger partial charge in [-0.2, -0.15) is 0 Å². The molecule has 0 aliphatic heterocycles. The molecule has 0 aromatic carbocycles. The summed E-state index contributed by atoms with van der Waals surface area (Å²) >= 11 is 0. The van der Waals surface area contributed by atoms with Crippen LogP contribution in [-0.4, -0.2) is 29.6 Å². The first-order valence-corrected chi connectivity index (χ1v) is 6.54. The molecule has 0 aromatic heterocycles. The van der Waals surface area contributed by atoms with E-state index in [0.29, 0.717) is 11.6 Å². The second-order valence-corrected chi connectivity index (χ2v) is 6.13. The normalized spacial score (nSPS) is 36.0. The fraction of sp³-hybridized carbons (Fsp3) is 1.00. The highest BCUT2D eigenvalue weighted by Gasteiger charge is 2.47. The molecule has 0 atom stereocenters. The maximum absolute atomic E-state index is 6.02. The molecule has 0 saturated heterocycles. The Bertz CT molecular complexity index is 215. The molecule has 0 aromatic rings. The minimum Gasteiger partial charge on any atom is -0.329 e. The number of rotatable bonds is 5. The van der Waals surface area contributed by atoms with Crippen molar-refractivity contribution in [3.05, 3.63) is 0 Å². The number of hydrogen-bond donors (Lipinski definition) is 1. The SMILES string of the molecule is CC1CC(CN)(N(CC2CC2)C(C)C)C1. The van der Waals surface area contributed by atoms with E-state index in [2.05, 4.69) is 25.7 Å². The molecule has 0 spiro atoms. The molecule has 2 saturated carbocycles. The van der Waals surface area contributed by atoms with Crippen LogP contribution in [-0.2, 0) is 0 Å². The van der Waals surface area contributed by atoms with E-state index in [-0.39, 0.29) is 0 Å². The molecule has 2 aliphatic carbocycles. The topological polar surface area (TPSA) is 29.3 Å². The summed E-state index contributed by atoms with van der Waals surface area (Å²) in [5.41, 5.74) is 6.38. The average molecular weight is 210 g/mol. The van der Waals surface area contributed by atoms with Crippen LogP contribution in [0, 0.1) is 11.8 Å². The van der Waals surface area contributed by atoms with E-state index in [9.17, 15) is 0 Å². The summed E-state index contributed by atoms with van der Waals surface area (Å²) in [5, 5.41) is 0. The van der Waals surface area contributed by atoms with Crippen molar-refractivity contribution in [2.45, 2.75) is 58.0 Å². The van der Waals surface area contributed by atoms with Crippen LogP contribution in [0.1, 0.15) is 46.5 Å². The van der Waals surface area contributed by atoms with Gasteiger partial charge in [-0.05, 0) is 51.4 Å². The first kappa shape index (κ1) is 11.4. The highest BCUT2D eigenvalue weighted by molar-refractivity contribution is 5.04. The van der Waals surface area contributed by atoms with Gasteiger partial charge in [0.1, 0.15) is 0 Å². The van der Waals surface area contributed by atoms with Crippen LogP contribution in [0.5, 0.6) is 0 Å². The molecule has 2 fully saturated rings. The first-order valence-electron chi connectivity index (χ1n) is 6.54. The van der Waals surface area contributed by atoms with Crippen LogP contribution in [0.2, 0.25) is 0 Å². The number of hydrogen-bond acceptors (Lipinski definition) is 2. The maximum Gasteiger partial charge on any atom is 0.0339 e. The van der Waals surface area contributed by atoms with Gasteiger partial charge in [-0.25, -0.2) is 0 Å². The third-order valence-electron chi connectivity index (χ3n) is 4.22. The quantitative estimate of drug-likeness (QED) is 0.754. The van der Waals surface area contributed by atoms with Crippen LogP contribution in [0.15, 0.2) is 0 Å². The van der Waals surface area contributed by atoms with Crippen molar-refractivity contribution in [1.82, 2.24) is 4.90 Å². The maximum atomic E-state index is 6.02. The molecule has 0 unspecified atom stereocenters. The van der Waals surface area contributed by atoms with Crippen LogP contribution in [0.4, 0.5) is 0 Å². The minimum atomic E-state index is 0.357. The number of nitrogens with two attached hydrogens (primary N) is 1. The van der Waals surface area contributed by atoms with Gasteiger partial charge in [0.15, 0.2) is 0 Å². The van der Waals surface area contributed by atoms with Crippen molar-refractivity contribution < 1.29 is 0 Å². The van der Waals surface area contributed by atoms with Gasteiger partial charge >= 0.3 is 0 Å². The minimum absolute atomic E-state index is 0.357. The Morgan fingerprint density at radius 1 is 1.33 bits per heavy atom. The third-order valence-corrected chi connectivity index (χ3v) is 4.22. The Morgan fingerprint density at radius 2 is 1.93 bits per heavy atom. The van der Waals surface area contributed by atoms with Crippen molar-refractivity contribution in [3.8, 4) is 0 Å². The van der Waals surface area contributed by atoms with Gasteiger partial charge < -0.3 is 5.73 Å². The largest absolute Gasteiger partial charge is 0.329 e. The van der Waals surface area contributed by atoms with Gasteiger partial charge in [-0.3, -0.25) is 4.90 Å². The smallest absolute Gasteiger partial charge is 0.0339 e. The first-order chi connectivity index (χ1) is 7.07. The molecule has 0 bridgehead atoms. The zero-order valence-corrected chi connectivity index (χ0v) is 10.5. The molecule has 2 nitrogen and oxygen atoms in total. The van der Waals surface area contributed by atoms with Crippen molar-refractivity contribution in [2.24, 2.45) is 17.6 Å². The Hall–Kier alpha value is -0.0800. The van der Waals surface area contributed by atoms with Gasteiger partial charge in [0.05, 0.1) is 0 Å². The van der Waals surface area contributed by atoms with Gasteiger partial charge in [-0.1, -0.05) is 6.92 Å². The zero-order valence-electron chi connectivity index (χ0n) is 10.5. The summed E-state index contributed by atoms with van der Waals surface area (Å²) in [5.74, 6) is 1.86. The lowest BCUT2D eigenvalue weighted by Crippen LogP contribution is -2.63. The predicted molar refractivity (Wildman–Crippen MR) is 64.7 cm³/mol. The summed E-state index contributed by atoms with van der Waals surface area (Å²) in [6.07, 6.45) is 5.52. The Kier molecular flexibility index (Phi) is 3.09. The van der Waals surface area contributed by atoms with Gasteiger partial charge in [0, 0.05) is 24.7 Å². The number of nitrogens with zero attached hydrogens (tertiary/aromatic N) is 1. The molecule has 0 heterocycles. The molecular formula is C13H26N2. The Balaban J connectivity index is 2.00. The fourth-order valence-electron chi connectivity index (χ4n) is 3.29. The van der Waals surface area contributed by atoms with Gasteiger partial charge in [-0.15, -0.1) is 0 Å². The Morgan fingerprint density at radius 3 is 2.27 bits per heavy atom. The fourth-order valence-corrected chi connectivity index (χ4v) is 3.29. The van der Waals surface area contributed by atoms with Gasteiger partial charge in [0.2, 0.25) is 0 Å². The lowest BCUT2D eigenvalue weighted by atomic mass is 9.67. The molecule has 0 amide bonds. The summed E-state index contributed by atoms with van der Waals surface area (Å²) < 4.78 is 0. The lowest BCUT2D eigenvalue weighted by molar-refractivity contribution is -0.0356. The van der Waals surface area contributed by atoms with Crippen molar-refractivity contribution in [1.29, 1.82) is 0 Å². The summed E-state index contributed by atoms with van der Waals surface area (Å²) in [7, 11) is 0. The van der Waals surface area contributed by atoms with Gasteiger partial charge in [0.25, 0.3) is 0 Å². The monoisotopic (exact) mass is 210 g/mol. The summed E-state index contributed by atoms with van der Waals surface area (Å²) in [6.45, 7) is 9.14. The van der Waals surface area contributed by atoms with E-state index in [4.69, 9.17) is 5.73 Å². The van der Waals surface area contributed by atoms with Crippen molar-refractivity contribution in [3.63, 3.8) is 0 Å². The summed E-state index contributed by atoms with van der Waals surface area (Å²) in [4.78, 5) is 2.70. The molecule has 0 radical (unpaired) electrons. The lowest BCUT2D eigenvalue weighted by Gasteiger charge is -2.55. The van der Waals surface area contributed by atoms with Crippen LogP contribution in [0.25, 0.3) is 0 Å². The molecule has 2 aliphatic rings. The van der Waals surface area contributed by atoms with E-state index in [1.54, 1.807) is 0 Å². The molecule has 15 heavy (non-hydrogen) atoms. The predicted octanol–water partition coefficient (Wildman–Crippen LogP) is 2.23. The second-order valence-electron chi connectivity index (χ2n) is 6.13. The van der Waals surface area contributed by atoms with E-state index in [1.165, 1.54) is 32.2 Å². The van der Waals surface area contributed by atoms with E-state index in [0.717, 1.165) is 18.4 Å². The third kappa shape index (κ3) is 2.21. The van der Waals surface area contributed by atoms with Crippen LogP contribution < -0.4 is 5.73 Å². The molecule has 2 heteroatoms. The standard InChI is InChI=1S/C13H26N2/c1-10(2)15(8-12-4-5-12)13(9-14)6-11(3)7-13/h10-12H,4-9,14H2,1-3H3. The Labute approximate surface area is 94.2 Å². The molecular weight excluding hydrogens is 184 g/mol.